The zero-order chi connectivity index (χ0) is 22.0. The number of ether oxygens (including phenoxy) is 4. The highest BCUT2D eigenvalue weighted by atomic mass is 16.6. The lowest BCUT2D eigenvalue weighted by atomic mass is 9.85. The van der Waals surface area contributed by atoms with Crippen LogP contribution in [-0.2, 0) is 5.60 Å². The Bertz CT molecular complexity index is 1380. The molecule has 162 valence electrons. The maximum absolute atomic E-state index is 12.0. The van der Waals surface area contributed by atoms with Gasteiger partial charge in [-0.3, -0.25) is 0 Å². The van der Waals surface area contributed by atoms with Crippen molar-refractivity contribution in [2.75, 3.05) is 26.6 Å². The molecule has 2 unspecified atom stereocenters. The molecule has 0 fully saturated rings. The van der Waals surface area contributed by atoms with Crippen molar-refractivity contribution in [1.82, 2.24) is 4.98 Å². The summed E-state index contributed by atoms with van der Waals surface area (Å²) in [4.78, 5) is 3.30. The number of hydrogen-bond donors (Lipinski definition) is 3. The van der Waals surface area contributed by atoms with E-state index in [1.54, 1.807) is 21.3 Å². The molecule has 1 aromatic heterocycles. The highest BCUT2D eigenvalue weighted by molar-refractivity contribution is 6.01. The first-order chi connectivity index (χ1) is 15.6. The van der Waals surface area contributed by atoms with Crippen LogP contribution in [0.5, 0.6) is 23.0 Å². The third kappa shape index (κ3) is 2.18. The van der Waals surface area contributed by atoms with E-state index in [4.69, 9.17) is 18.9 Å². The number of para-hydroxylation sites is 2. The second kappa shape index (κ2) is 6.58. The van der Waals surface area contributed by atoms with Gasteiger partial charge in [0.25, 0.3) is 0 Å². The molecule has 2 atom stereocenters. The van der Waals surface area contributed by atoms with Crippen molar-refractivity contribution >= 4 is 16.6 Å². The third-order valence-electron chi connectivity index (χ3n) is 6.41. The Balaban J connectivity index is 1.71. The zero-order valence-corrected chi connectivity index (χ0v) is 17.9. The van der Waals surface area contributed by atoms with Gasteiger partial charge in [-0.15, -0.1) is 0 Å². The second-order valence-corrected chi connectivity index (χ2v) is 7.88. The molecular weight excluding hydrogens is 408 g/mol. The van der Waals surface area contributed by atoms with Crippen molar-refractivity contribution in [2.24, 2.45) is 0 Å². The summed E-state index contributed by atoms with van der Waals surface area (Å²) < 4.78 is 23.9. The highest BCUT2D eigenvalue weighted by Gasteiger charge is 2.58. The molecule has 0 saturated heterocycles. The molecule has 3 aromatic carbocycles. The van der Waals surface area contributed by atoms with Crippen LogP contribution < -0.4 is 24.3 Å². The molecule has 0 bridgehead atoms. The Hall–Kier alpha value is -3.84. The van der Waals surface area contributed by atoms with Gasteiger partial charge in [0.2, 0.25) is 6.23 Å². The number of aromatic amines is 1. The number of hydrogen-bond acceptors (Lipinski definition) is 6. The van der Waals surface area contributed by atoms with Crippen LogP contribution in [0.1, 0.15) is 11.1 Å². The maximum atomic E-state index is 12.0. The van der Waals surface area contributed by atoms with Crippen LogP contribution in [0.3, 0.4) is 0 Å². The molecule has 2 aliphatic heterocycles. The summed E-state index contributed by atoms with van der Waals surface area (Å²) in [6.45, 7) is 0. The standard InChI is InChI=1S/C25H22N2O5/c1-29-20-18(14-12-26-16-10-6-4-8-13(14)16)21(30-2)23-19(22(20)31-3)25(28)15-9-5-7-11-17(15)27-24(25)32-23/h4-12,24,26-28H,1-3H3. The predicted molar refractivity (Wildman–Crippen MR) is 121 cm³/mol. The highest BCUT2D eigenvalue weighted by Crippen LogP contribution is 2.63. The number of methoxy groups -OCH3 is 3. The van der Waals surface area contributed by atoms with Gasteiger partial charge in [-0.2, -0.15) is 0 Å². The summed E-state index contributed by atoms with van der Waals surface area (Å²) in [6.07, 6.45) is 1.19. The van der Waals surface area contributed by atoms with Gasteiger partial charge in [-0.25, -0.2) is 0 Å². The third-order valence-corrected chi connectivity index (χ3v) is 6.41. The number of benzene rings is 3. The van der Waals surface area contributed by atoms with Crippen molar-refractivity contribution in [3.63, 3.8) is 0 Å². The molecular formula is C25H22N2O5. The number of fused-ring (bicyclic) bond motifs is 6. The molecule has 3 N–H and O–H groups in total. The lowest BCUT2D eigenvalue weighted by molar-refractivity contribution is 0.0172. The van der Waals surface area contributed by atoms with Gasteiger partial charge in [0.05, 0.1) is 32.5 Å². The first kappa shape index (κ1) is 18.9. The monoisotopic (exact) mass is 430 g/mol. The van der Waals surface area contributed by atoms with Crippen molar-refractivity contribution in [1.29, 1.82) is 0 Å². The summed E-state index contributed by atoms with van der Waals surface area (Å²) in [6, 6.07) is 15.6. The predicted octanol–water partition coefficient (Wildman–Crippen LogP) is 4.24. The fourth-order valence-electron chi connectivity index (χ4n) is 5.05. The fourth-order valence-corrected chi connectivity index (χ4v) is 5.05. The van der Waals surface area contributed by atoms with Crippen LogP contribution in [-0.4, -0.2) is 37.6 Å². The average Bonchev–Trinajstić information content (AvgIpc) is 3.46. The lowest BCUT2D eigenvalue weighted by Gasteiger charge is -2.25. The number of aromatic nitrogens is 1. The topological polar surface area (TPSA) is 85.0 Å². The van der Waals surface area contributed by atoms with Crippen molar-refractivity contribution in [2.45, 2.75) is 11.8 Å². The van der Waals surface area contributed by atoms with Gasteiger partial charge in [0.1, 0.15) is 0 Å². The second-order valence-electron chi connectivity index (χ2n) is 7.88. The smallest absolute Gasteiger partial charge is 0.208 e. The van der Waals surface area contributed by atoms with Gasteiger partial charge < -0.3 is 34.4 Å². The Kier molecular flexibility index (Phi) is 3.88. The molecule has 0 amide bonds. The molecule has 4 aromatic rings. The number of aliphatic hydroxyl groups is 1. The van der Waals surface area contributed by atoms with E-state index in [2.05, 4.69) is 10.3 Å². The van der Waals surface area contributed by atoms with Crippen LogP contribution in [0.15, 0.2) is 54.7 Å². The Labute approximate surface area is 184 Å². The molecule has 0 aliphatic carbocycles. The van der Waals surface area contributed by atoms with Gasteiger partial charge in [0.15, 0.2) is 28.6 Å². The average molecular weight is 430 g/mol. The van der Waals surface area contributed by atoms with Crippen LogP contribution in [0.4, 0.5) is 5.69 Å². The van der Waals surface area contributed by atoms with Gasteiger partial charge in [0, 0.05) is 33.9 Å². The van der Waals surface area contributed by atoms with Crippen molar-refractivity contribution in [3.8, 4) is 34.1 Å². The summed E-state index contributed by atoms with van der Waals surface area (Å²) >= 11 is 0. The normalized spacial score (nSPS) is 20.2. The maximum Gasteiger partial charge on any atom is 0.208 e. The van der Waals surface area contributed by atoms with E-state index >= 15 is 0 Å². The number of H-pyrrole nitrogens is 1. The van der Waals surface area contributed by atoms with Crippen molar-refractivity contribution < 1.29 is 24.1 Å². The number of nitrogens with one attached hydrogen (secondary N) is 2. The van der Waals surface area contributed by atoms with Crippen LogP contribution in [0, 0.1) is 0 Å². The molecule has 0 radical (unpaired) electrons. The van der Waals surface area contributed by atoms with E-state index in [1.807, 2.05) is 54.7 Å². The first-order valence-electron chi connectivity index (χ1n) is 10.3. The molecule has 6 rings (SSSR count). The molecule has 7 nitrogen and oxygen atoms in total. The minimum atomic E-state index is -1.46. The summed E-state index contributed by atoms with van der Waals surface area (Å²) in [5.41, 5.74) is 3.11. The molecule has 0 saturated carbocycles. The minimum absolute atomic E-state index is 0.409. The van der Waals surface area contributed by atoms with Crippen LogP contribution >= 0.6 is 0 Å². The Morgan fingerprint density at radius 3 is 2.41 bits per heavy atom. The number of rotatable bonds is 4. The summed E-state index contributed by atoms with van der Waals surface area (Å²) in [5.74, 6) is 1.78. The van der Waals surface area contributed by atoms with E-state index in [0.717, 1.165) is 22.2 Å². The summed E-state index contributed by atoms with van der Waals surface area (Å²) in [5, 5.41) is 16.3. The SMILES string of the molecule is COc1c(OC)c2c(c(OC)c1-c1c[nH]c3ccccc13)OC1Nc3ccccc3C21O. The molecule has 32 heavy (non-hydrogen) atoms. The minimum Gasteiger partial charge on any atom is -0.492 e. The van der Waals surface area contributed by atoms with Gasteiger partial charge in [-0.1, -0.05) is 36.4 Å². The zero-order valence-electron chi connectivity index (χ0n) is 17.9. The largest absolute Gasteiger partial charge is 0.492 e. The number of anilines is 1. The van der Waals surface area contributed by atoms with E-state index < -0.39 is 11.8 Å². The molecule has 0 spiro atoms. The molecule has 2 aliphatic rings. The Morgan fingerprint density at radius 2 is 1.62 bits per heavy atom. The van der Waals surface area contributed by atoms with Gasteiger partial charge in [-0.05, 0) is 12.1 Å². The van der Waals surface area contributed by atoms with Crippen molar-refractivity contribution in [3.05, 3.63) is 65.9 Å². The van der Waals surface area contributed by atoms with E-state index in [1.165, 1.54) is 0 Å². The Morgan fingerprint density at radius 1 is 0.906 bits per heavy atom. The quantitative estimate of drug-likeness (QED) is 0.449. The van der Waals surface area contributed by atoms with E-state index in [-0.39, 0.29) is 0 Å². The fraction of sp³-hybridized carbons (Fsp3) is 0.200. The van der Waals surface area contributed by atoms with Crippen LogP contribution in [0.2, 0.25) is 0 Å². The first-order valence-corrected chi connectivity index (χ1v) is 10.3. The van der Waals surface area contributed by atoms with E-state index in [0.29, 0.717) is 39.7 Å². The van der Waals surface area contributed by atoms with Gasteiger partial charge >= 0.3 is 0 Å². The summed E-state index contributed by atoms with van der Waals surface area (Å²) in [7, 11) is 4.73. The van der Waals surface area contributed by atoms with Crippen LogP contribution in [0.25, 0.3) is 22.0 Å². The molecule has 7 heteroatoms. The molecule has 3 heterocycles. The van der Waals surface area contributed by atoms with E-state index in [9.17, 15) is 5.11 Å². The lowest BCUT2D eigenvalue weighted by Crippen LogP contribution is -2.38.